The molecule has 1 saturated carbocycles. The highest BCUT2D eigenvalue weighted by molar-refractivity contribution is 7.92. The Balaban J connectivity index is 2.06. The molecule has 4 nitrogen and oxygen atoms in total. The molecule has 1 aliphatic heterocycles. The zero-order valence-electron chi connectivity index (χ0n) is 9.41. The standard InChI is InChI=1S/C12H15NO3S/c14-12-8-17(15,16)13(7-9-5-6-9)11-4-2-1-3-10(11)12/h1-4,9,12,14H,5-8H2. The van der Waals surface area contributed by atoms with E-state index in [9.17, 15) is 13.5 Å². The van der Waals surface area contributed by atoms with Crippen molar-refractivity contribution in [1.29, 1.82) is 0 Å². The minimum Gasteiger partial charge on any atom is -0.387 e. The van der Waals surface area contributed by atoms with Gasteiger partial charge in [-0.05, 0) is 24.8 Å². The third-order valence-corrected chi connectivity index (χ3v) is 5.14. The van der Waals surface area contributed by atoms with E-state index in [1.165, 1.54) is 4.31 Å². The minimum absolute atomic E-state index is 0.198. The van der Waals surface area contributed by atoms with E-state index < -0.39 is 16.1 Å². The van der Waals surface area contributed by atoms with E-state index in [1.54, 1.807) is 12.1 Å². The molecule has 1 unspecified atom stereocenters. The summed E-state index contributed by atoms with van der Waals surface area (Å²) < 4.78 is 25.6. The quantitative estimate of drug-likeness (QED) is 0.863. The predicted molar refractivity (Wildman–Crippen MR) is 65.3 cm³/mol. The number of anilines is 1. The molecular weight excluding hydrogens is 238 g/mol. The van der Waals surface area contributed by atoms with Crippen LogP contribution in [0.3, 0.4) is 0 Å². The first-order valence-electron chi connectivity index (χ1n) is 5.85. The number of hydrogen-bond donors (Lipinski definition) is 1. The first kappa shape index (κ1) is 11.0. The lowest BCUT2D eigenvalue weighted by atomic mass is 10.1. The molecule has 0 spiro atoms. The number of sulfonamides is 1. The zero-order chi connectivity index (χ0) is 12.0. The number of benzene rings is 1. The number of aliphatic hydroxyl groups excluding tert-OH is 1. The molecular formula is C12H15NO3S. The van der Waals surface area contributed by atoms with Gasteiger partial charge in [-0.1, -0.05) is 18.2 Å². The molecule has 1 aliphatic carbocycles. The predicted octanol–water partition coefficient (Wildman–Crippen LogP) is 1.28. The van der Waals surface area contributed by atoms with Crippen LogP contribution in [-0.4, -0.2) is 25.8 Å². The van der Waals surface area contributed by atoms with E-state index in [4.69, 9.17) is 0 Å². The van der Waals surface area contributed by atoms with Crippen LogP contribution in [0.25, 0.3) is 0 Å². The summed E-state index contributed by atoms with van der Waals surface area (Å²) in [6.07, 6.45) is 1.32. The van der Waals surface area contributed by atoms with Crippen molar-refractivity contribution in [2.45, 2.75) is 18.9 Å². The van der Waals surface area contributed by atoms with E-state index in [-0.39, 0.29) is 5.75 Å². The molecule has 1 fully saturated rings. The van der Waals surface area contributed by atoms with Crippen LogP contribution in [0.1, 0.15) is 24.5 Å². The van der Waals surface area contributed by atoms with Gasteiger partial charge in [-0.15, -0.1) is 0 Å². The Kier molecular flexibility index (Phi) is 2.41. The average Bonchev–Trinajstić information content (AvgIpc) is 3.07. The summed E-state index contributed by atoms with van der Waals surface area (Å²) >= 11 is 0. The Labute approximate surface area is 101 Å². The fourth-order valence-electron chi connectivity index (χ4n) is 2.27. The van der Waals surface area contributed by atoms with Gasteiger partial charge in [0.05, 0.1) is 17.5 Å². The molecule has 0 radical (unpaired) electrons. The maximum Gasteiger partial charge on any atom is 0.238 e. The van der Waals surface area contributed by atoms with E-state index in [1.807, 2.05) is 12.1 Å². The lowest BCUT2D eigenvalue weighted by Gasteiger charge is -2.33. The van der Waals surface area contributed by atoms with Crippen LogP contribution in [0.4, 0.5) is 5.69 Å². The summed E-state index contributed by atoms with van der Waals surface area (Å²) in [7, 11) is -3.36. The summed E-state index contributed by atoms with van der Waals surface area (Å²) in [5.41, 5.74) is 1.38. The van der Waals surface area contributed by atoms with Gasteiger partial charge in [0.1, 0.15) is 0 Å². The van der Waals surface area contributed by atoms with Crippen LogP contribution in [0, 0.1) is 5.92 Å². The molecule has 92 valence electrons. The molecule has 0 aromatic heterocycles. The smallest absolute Gasteiger partial charge is 0.238 e. The summed E-state index contributed by atoms with van der Waals surface area (Å²) in [6, 6.07) is 7.22. The summed E-state index contributed by atoms with van der Waals surface area (Å²) in [5, 5.41) is 9.86. The van der Waals surface area contributed by atoms with Crippen LogP contribution < -0.4 is 4.31 Å². The van der Waals surface area contributed by atoms with Gasteiger partial charge in [0.25, 0.3) is 0 Å². The molecule has 1 N–H and O–H groups in total. The van der Waals surface area contributed by atoms with Crippen molar-refractivity contribution in [1.82, 2.24) is 0 Å². The van der Waals surface area contributed by atoms with Gasteiger partial charge in [0, 0.05) is 12.1 Å². The van der Waals surface area contributed by atoms with Crippen LogP contribution in [-0.2, 0) is 10.0 Å². The van der Waals surface area contributed by atoms with Crippen LogP contribution in [0.15, 0.2) is 24.3 Å². The minimum atomic E-state index is -3.36. The summed E-state index contributed by atoms with van der Waals surface area (Å²) in [6.45, 7) is 0.562. The topological polar surface area (TPSA) is 57.6 Å². The Bertz CT molecular complexity index is 536. The summed E-state index contributed by atoms with van der Waals surface area (Å²) in [4.78, 5) is 0. The maximum atomic E-state index is 12.1. The van der Waals surface area contributed by atoms with Crippen molar-refractivity contribution in [3.05, 3.63) is 29.8 Å². The lowest BCUT2D eigenvalue weighted by molar-refractivity contribution is 0.200. The number of aliphatic hydroxyl groups is 1. The average molecular weight is 253 g/mol. The van der Waals surface area contributed by atoms with Crippen molar-refractivity contribution in [2.75, 3.05) is 16.6 Å². The van der Waals surface area contributed by atoms with Crippen molar-refractivity contribution in [3.8, 4) is 0 Å². The van der Waals surface area contributed by atoms with Crippen molar-refractivity contribution < 1.29 is 13.5 Å². The van der Waals surface area contributed by atoms with E-state index in [0.29, 0.717) is 18.2 Å². The van der Waals surface area contributed by atoms with Crippen LogP contribution >= 0.6 is 0 Å². The molecule has 2 aliphatic rings. The fourth-order valence-corrected chi connectivity index (χ4v) is 3.93. The molecule has 1 aromatic carbocycles. The maximum absolute atomic E-state index is 12.1. The Morgan fingerprint density at radius 3 is 2.71 bits per heavy atom. The number of fused-ring (bicyclic) bond motifs is 1. The Morgan fingerprint density at radius 2 is 2.00 bits per heavy atom. The molecule has 1 aromatic rings. The second-order valence-electron chi connectivity index (χ2n) is 4.83. The van der Waals surface area contributed by atoms with E-state index >= 15 is 0 Å². The monoisotopic (exact) mass is 253 g/mol. The Hall–Kier alpha value is -1.07. The first-order valence-corrected chi connectivity index (χ1v) is 7.46. The first-order chi connectivity index (χ1) is 8.08. The third kappa shape index (κ3) is 1.93. The number of nitrogens with zero attached hydrogens (tertiary/aromatic N) is 1. The molecule has 1 atom stereocenters. The van der Waals surface area contributed by atoms with Gasteiger partial charge < -0.3 is 5.11 Å². The van der Waals surface area contributed by atoms with Crippen molar-refractivity contribution >= 4 is 15.7 Å². The van der Waals surface area contributed by atoms with Crippen LogP contribution in [0.2, 0.25) is 0 Å². The SMILES string of the molecule is O=S1(=O)CC(O)c2ccccc2N1CC1CC1. The van der Waals surface area contributed by atoms with Gasteiger partial charge in [0.2, 0.25) is 10.0 Å². The molecule has 5 heteroatoms. The normalized spacial score (nSPS) is 26.6. The van der Waals surface area contributed by atoms with Gasteiger partial charge in [-0.2, -0.15) is 0 Å². The van der Waals surface area contributed by atoms with Gasteiger partial charge >= 0.3 is 0 Å². The highest BCUT2D eigenvalue weighted by Crippen LogP contribution is 2.39. The second-order valence-corrected chi connectivity index (χ2v) is 6.77. The number of para-hydroxylation sites is 1. The lowest BCUT2D eigenvalue weighted by Crippen LogP contribution is -2.40. The molecule has 0 amide bonds. The second kappa shape index (κ2) is 3.71. The zero-order valence-corrected chi connectivity index (χ0v) is 10.2. The van der Waals surface area contributed by atoms with Gasteiger partial charge in [-0.25, -0.2) is 8.42 Å². The number of hydrogen-bond acceptors (Lipinski definition) is 3. The Morgan fingerprint density at radius 1 is 1.29 bits per heavy atom. The summed E-state index contributed by atoms with van der Waals surface area (Å²) in [5.74, 6) is 0.296. The molecule has 0 saturated heterocycles. The largest absolute Gasteiger partial charge is 0.387 e. The van der Waals surface area contributed by atoms with Gasteiger partial charge in [0.15, 0.2) is 0 Å². The van der Waals surface area contributed by atoms with Crippen molar-refractivity contribution in [2.24, 2.45) is 5.92 Å². The van der Waals surface area contributed by atoms with Gasteiger partial charge in [-0.3, -0.25) is 4.31 Å². The number of rotatable bonds is 2. The van der Waals surface area contributed by atoms with E-state index in [2.05, 4.69) is 0 Å². The van der Waals surface area contributed by atoms with Crippen molar-refractivity contribution in [3.63, 3.8) is 0 Å². The molecule has 1 heterocycles. The fraction of sp³-hybridized carbons (Fsp3) is 0.500. The molecule has 17 heavy (non-hydrogen) atoms. The highest BCUT2D eigenvalue weighted by atomic mass is 32.2. The van der Waals surface area contributed by atoms with E-state index in [0.717, 1.165) is 18.4 Å². The molecule has 0 bridgehead atoms. The van der Waals surface area contributed by atoms with Crippen LogP contribution in [0.5, 0.6) is 0 Å². The highest BCUT2D eigenvalue weighted by Gasteiger charge is 2.37. The molecule has 3 rings (SSSR count). The third-order valence-electron chi connectivity index (χ3n) is 3.39.